The van der Waals surface area contributed by atoms with Crippen molar-refractivity contribution in [2.45, 2.75) is 19.4 Å². The van der Waals surface area contributed by atoms with Crippen LogP contribution in [-0.2, 0) is 17.8 Å². The topological polar surface area (TPSA) is 64.7 Å². The van der Waals surface area contributed by atoms with Crippen molar-refractivity contribution in [2.24, 2.45) is 0 Å². The predicted molar refractivity (Wildman–Crippen MR) is 87.1 cm³/mol. The van der Waals surface area contributed by atoms with Crippen LogP contribution in [0.3, 0.4) is 0 Å². The highest BCUT2D eigenvalue weighted by Gasteiger charge is 2.02. The lowest BCUT2D eigenvalue weighted by molar-refractivity contribution is -0.121. The van der Waals surface area contributed by atoms with Crippen LogP contribution in [0.15, 0.2) is 61.2 Å². The molecule has 0 atom stereocenters. The van der Waals surface area contributed by atoms with Crippen molar-refractivity contribution >= 4 is 5.91 Å². The van der Waals surface area contributed by atoms with E-state index < -0.39 is 0 Å². The first kappa shape index (κ1) is 15.0. The normalized spacial score (nSPS) is 10.6. The molecule has 0 bridgehead atoms. The maximum absolute atomic E-state index is 11.8. The molecule has 0 unspecified atom stereocenters. The molecule has 1 N–H and O–H groups in total. The van der Waals surface area contributed by atoms with Crippen molar-refractivity contribution in [3.8, 4) is 5.69 Å². The van der Waals surface area contributed by atoms with Crippen LogP contribution < -0.4 is 5.32 Å². The monoisotopic (exact) mass is 309 g/mol. The summed E-state index contributed by atoms with van der Waals surface area (Å²) in [7, 11) is 0. The van der Waals surface area contributed by atoms with E-state index in [-0.39, 0.29) is 5.91 Å². The van der Waals surface area contributed by atoms with Gasteiger partial charge in [0, 0.05) is 44.3 Å². The largest absolute Gasteiger partial charge is 0.356 e. The fraction of sp³-hybridized carbons (Fsp3) is 0.235. The highest BCUT2D eigenvalue weighted by molar-refractivity contribution is 5.75. The summed E-state index contributed by atoms with van der Waals surface area (Å²) in [4.78, 5) is 11.8. The van der Waals surface area contributed by atoms with E-state index in [0.717, 1.165) is 12.1 Å². The molecular weight excluding hydrogens is 290 g/mol. The van der Waals surface area contributed by atoms with Crippen molar-refractivity contribution in [1.82, 2.24) is 24.9 Å². The average Bonchev–Trinajstić information content (AvgIpc) is 3.27. The summed E-state index contributed by atoms with van der Waals surface area (Å²) < 4.78 is 3.58. The molecule has 6 nitrogen and oxygen atoms in total. The molecule has 0 saturated heterocycles. The molecule has 2 heterocycles. The molecule has 1 amide bonds. The molecule has 0 aliphatic rings. The first-order chi connectivity index (χ1) is 11.3. The number of rotatable bonds is 7. The summed E-state index contributed by atoms with van der Waals surface area (Å²) in [5, 5.41) is 11.2. The Hall–Kier alpha value is -2.89. The number of amides is 1. The van der Waals surface area contributed by atoms with Gasteiger partial charge in [-0.25, -0.2) is 4.68 Å². The smallest absolute Gasteiger partial charge is 0.221 e. The zero-order valence-electron chi connectivity index (χ0n) is 12.8. The van der Waals surface area contributed by atoms with Crippen molar-refractivity contribution in [1.29, 1.82) is 0 Å². The molecule has 118 valence electrons. The van der Waals surface area contributed by atoms with Crippen LogP contribution in [-0.4, -0.2) is 32.0 Å². The highest BCUT2D eigenvalue weighted by atomic mass is 16.1. The average molecular weight is 309 g/mol. The van der Waals surface area contributed by atoms with Gasteiger partial charge in [0.15, 0.2) is 0 Å². The lowest BCUT2D eigenvalue weighted by atomic mass is 10.1. The molecule has 0 radical (unpaired) electrons. The van der Waals surface area contributed by atoms with Gasteiger partial charge in [-0.3, -0.25) is 9.48 Å². The number of hydrogen-bond donors (Lipinski definition) is 1. The fourth-order valence-electron chi connectivity index (χ4n) is 2.32. The molecule has 0 aliphatic carbocycles. The van der Waals surface area contributed by atoms with Crippen molar-refractivity contribution in [3.05, 3.63) is 66.7 Å². The summed E-state index contributed by atoms with van der Waals surface area (Å²) in [5.74, 6) is 0.0497. The van der Waals surface area contributed by atoms with E-state index in [1.807, 2.05) is 41.3 Å². The maximum Gasteiger partial charge on any atom is 0.221 e. The van der Waals surface area contributed by atoms with E-state index in [9.17, 15) is 4.79 Å². The number of carbonyl (C=O) groups is 1. The quantitative estimate of drug-likeness (QED) is 0.724. The van der Waals surface area contributed by atoms with E-state index in [1.165, 1.54) is 5.56 Å². The Morgan fingerprint density at radius 3 is 2.52 bits per heavy atom. The third-order valence-electron chi connectivity index (χ3n) is 3.57. The molecule has 3 rings (SSSR count). The zero-order chi connectivity index (χ0) is 15.9. The number of benzene rings is 1. The fourth-order valence-corrected chi connectivity index (χ4v) is 2.32. The van der Waals surface area contributed by atoms with E-state index in [4.69, 9.17) is 0 Å². The van der Waals surface area contributed by atoms with Gasteiger partial charge in [0.2, 0.25) is 5.91 Å². The minimum atomic E-state index is 0.0497. The molecule has 2 aromatic heterocycles. The number of nitrogens with zero attached hydrogens (tertiary/aromatic N) is 4. The molecule has 1 aromatic carbocycles. The second-order valence-electron chi connectivity index (χ2n) is 5.24. The molecule has 0 fully saturated rings. The number of aryl methyl sites for hydroxylation is 1. The predicted octanol–water partition coefficient (Wildman–Crippen LogP) is 1.82. The van der Waals surface area contributed by atoms with Gasteiger partial charge >= 0.3 is 0 Å². The molecule has 0 saturated carbocycles. The SMILES string of the molecule is O=C(CCn1cccn1)NCCc1ccc(-n2cccn2)cc1. The Bertz CT molecular complexity index is 717. The minimum Gasteiger partial charge on any atom is -0.356 e. The number of nitrogens with one attached hydrogen (secondary N) is 1. The molecule has 6 heteroatoms. The Balaban J connectivity index is 1.41. The third-order valence-corrected chi connectivity index (χ3v) is 3.57. The summed E-state index contributed by atoms with van der Waals surface area (Å²) in [6, 6.07) is 11.9. The van der Waals surface area contributed by atoms with Gasteiger partial charge in [-0.2, -0.15) is 10.2 Å². The van der Waals surface area contributed by atoms with Gasteiger partial charge in [0.1, 0.15) is 0 Å². The van der Waals surface area contributed by atoms with Gasteiger partial charge in [0.25, 0.3) is 0 Å². The lowest BCUT2D eigenvalue weighted by Gasteiger charge is -2.07. The van der Waals surface area contributed by atoms with Crippen LogP contribution in [0.4, 0.5) is 0 Å². The summed E-state index contributed by atoms with van der Waals surface area (Å²) in [5.41, 5.74) is 2.22. The van der Waals surface area contributed by atoms with Gasteiger partial charge < -0.3 is 5.32 Å². The van der Waals surface area contributed by atoms with Crippen LogP contribution in [0.2, 0.25) is 0 Å². The van der Waals surface area contributed by atoms with E-state index in [2.05, 4.69) is 27.6 Å². The number of hydrogen-bond acceptors (Lipinski definition) is 3. The van der Waals surface area contributed by atoms with Crippen LogP contribution in [0.1, 0.15) is 12.0 Å². The van der Waals surface area contributed by atoms with Gasteiger partial charge in [0.05, 0.1) is 5.69 Å². The zero-order valence-corrected chi connectivity index (χ0v) is 12.8. The molecule has 0 aliphatic heterocycles. The maximum atomic E-state index is 11.8. The summed E-state index contributed by atoms with van der Waals surface area (Å²) in [6.07, 6.45) is 8.49. The van der Waals surface area contributed by atoms with Crippen LogP contribution in [0.5, 0.6) is 0 Å². The molecule has 0 spiro atoms. The second kappa shape index (κ2) is 7.40. The van der Waals surface area contributed by atoms with Crippen LogP contribution >= 0.6 is 0 Å². The first-order valence-electron chi connectivity index (χ1n) is 7.64. The Morgan fingerprint density at radius 1 is 1.04 bits per heavy atom. The second-order valence-corrected chi connectivity index (χ2v) is 5.24. The Labute approximate surface area is 134 Å². The van der Waals surface area contributed by atoms with Gasteiger partial charge in [-0.15, -0.1) is 0 Å². The molecular formula is C17H19N5O. The van der Waals surface area contributed by atoms with Crippen LogP contribution in [0, 0.1) is 0 Å². The van der Waals surface area contributed by atoms with Crippen LogP contribution in [0.25, 0.3) is 5.69 Å². The highest BCUT2D eigenvalue weighted by Crippen LogP contribution is 2.08. The minimum absolute atomic E-state index is 0.0497. The Kier molecular flexibility index (Phi) is 4.83. The number of carbonyl (C=O) groups excluding carboxylic acids is 1. The molecule has 23 heavy (non-hydrogen) atoms. The summed E-state index contributed by atoms with van der Waals surface area (Å²) in [6.45, 7) is 1.25. The van der Waals surface area contributed by atoms with Crippen molar-refractivity contribution in [3.63, 3.8) is 0 Å². The number of aromatic nitrogens is 4. The van der Waals surface area contributed by atoms with E-state index in [1.54, 1.807) is 17.1 Å². The van der Waals surface area contributed by atoms with Gasteiger partial charge in [-0.1, -0.05) is 12.1 Å². The van der Waals surface area contributed by atoms with E-state index >= 15 is 0 Å². The van der Waals surface area contributed by atoms with Gasteiger partial charge in [-0.05, 0) is 36.2 Å². The van der Waals surface area contributed by atoms with E-state index in [0.29, 0.717) is 19.5 Å². The van der Waals surface area contributed by atoms with Crippen molar-refractivity contribution in [2.75, 3.05) is 6.54 Å². The standard InChI is InChI=1S/C17H19N5O/c23-17(8-14-21-12-1-9-19-21)18-11-7-15-3-5-16(6-4-15)22-13-2-10-20-22/h1-6,9-10,12-13H,7-8,11,14H2,(H,18,23). The summed E-state index contributed by atoms with van der Waals surface area (Å²) >= 11 is 0. The lowest BCUT2D eigenvalue weighted by Crippen LogP contribution is -2.26. The Morgan fingerprint density at radius 2 is 1.83 bits per heavy atom. The van der Waals surface area contributed by atoms with Crippen molar-refractivity contribution < 1.29 is 4.79 Å². The molecule has 3 aromatic rings. The first-order valence-corrected chi connectivity index (χ1v) is 7.64. The third kappa shape index (κ3) is 4.29.